The molecule has 0 atom stereocenters. The Morgan fingerprint density at radius 3 is 2.12 bits per heavy atom. The number of ether oxygens (including phenoxy) is 2. The zero-order valence-corrected chi connectivity index (χ0v) is 14.1. The van der Waals surface area contributed by atoms with Gasteiger partial charge in [-0.25, -0.2) is 0 Å². The van der Waals surface area contributed by atoms with Crippen molar-refractivity contribution in [3.8, 4) is 11.5 Å². The minimum absolute atomic E-state index is 0.132. The number of nitrogens with one attached hydrogen (secondary N) is 2. The van der Waals surface area contributed by atoms with Gasteiger partial charge in [-0.1, -0.05) is 0 Å². The normalized spacial score (nSPS) is 9.92. The van der Waals surface area contributed by atoms with Crippen molar-refractivity contribution in [2.24, 2.45) is 0 Å². The number of amides is 2. The van der Waals surface area contributed by atoms with Crippen LogP contribution in [0.2, 0.25) is 0 Å². The highest BCUT2D eigenvalue weighted by atomic mass is 16.6. The van der Waals surface area contributed by atoms with E-state index in [1.807, 2.05) is 6.92 Å². The van der Waals surface area contributed by atoms with Crippen molar-refractivity contribution in [3.05, 3.63) is 63.7 Å². The number of hydrazine groups is 1. The van der Waals surface area contributed by atoms with Crippen molar-refractivity contribution in [3.63, 3.8) is 0 Å². The first-order valence-corrected chi connectivity index (χ1v) is 7.62. The number of non-ortho nitro benzene ring substituents is 1. The number of carbonyl (C=O) groups excluding carboxylic acids is 2. The molecule has 0 aliphatic rings. The van der Waals surface area contributed by atoms with Crippen LogP contribution in [0.5, 0.6) is 11.5 Å². The molecule has 9 heteroatoms. The molecule has 2 amide bonds. The highest BCUT2D eigenvalue weighted by Gasteiger charge is 2.13. The molecule has 9 nitrogen and oxygen atoms in total. The third kappa shape index (κ3) is 4.47. The fourth-order valence-electron chi connectivity index (χ4n) is 2.08. The van der Waals surface area contributed by atoms with Gasteiger partial charge in [-0.2, -0.15) is 0 Å². The fraction of sp³-hybridized carbons (Fsp3) is 0.176. The molecule has 0 fully saturated rings. The molecule has 0 unspecified atom stereocenters. The lowest BCUT2D eigenvalue weighted by Crippen LogP contribution is -2.41. The molecule has 136 valence electrons. The van der Waals surface area contributed by atoms with Crippen LogP contribution in [0.25, 0.3) is 0 Å². The number of benzene rings is 2. The van der Waals surface area contributed by atoms with Gasteiger partial charge in [-0.05, 0) is 37.3 Å². The van der Waals surface area contributed by atoms with Crippen LogP contribution in [0.1, 0.15) is 27.6 Å². The van der Waals surface area contributed by atoms with Gasteiger partial charge in [0.1, 0.15) is 0 Å². The highest BCUT2D eigenvalue weighted by Crippen LogP contribution is 2.27. The number of nitro benzene ring substituents is 1. The summed E-state index contributed by atoms with van der Waals surface area (Å²) < 4.78 is 10.5. The van der Waals surface area contributed by atoms with E-state index in [4.69, 9.17) is 9.47 Å². The molecule has 2 aromatic rings. The van der Waals surface area contributed by atoms with E-state index in [1.54, 1.807) is 6.07 Å². The predicted octanol–water partition coefficient (Wildman–Crippen LogP) is 2.08. The zero-order chi connectivity index (χ0) is 19.1. The van der Waals surface area contributed by atoms with Gasteiger partial charge in [-0.3, -0.25) is 30.6 Å². The molecule has 26 heavy (non-hydrogen) atoms. The Morgan fingerprint density at radius 1 is 1.00 bits per heavy atom. The molecule has 2 rings (SSSR count). The molecule has 0 spiro atoms. The maximum Gasteiger partial charge on any atom is 0.269 e. The summed E-state index contributed by atoms with van der Waals surface area (Å²) in [5.41, 5.74) is 4.80. The van der Waals surface area contributed by atoms with E-state index < -0.39 is 16.7 Å². The number of methoxy groups -OCH3 is 1. The number of nitro groups is 1. The molecule has 0 aliphatic carbocycles. The van der Waals surface area contributed by atoms with Crippen LogP contribution in [-0.2, 0) is 0 Å². The van der Waals surface area contributed by atoms with Gasteiger partial charge in [0, 0.05) is 23.3 Å². The monoisotopic (exact) mass is 359 g/mol. The Labute approximate surface area is 149 Å². The largest absolute Gasteiger partial charge is 0.493 e. The van der Waals surface area contributed by atoms with Crippen molar-refractivity contribution in [2.45, 2.75) is 6.92 Å². The molecule has 0 saturated heterocycles. The lowest BCUT2D eigenvalue weighted by atomic mass is 10.2. The summed E-state index contributed by atoms with van der Waals surface area (Å²) in [6.07, 6.45) is 0. The van der Waals surface area contributed by atoms with Crippen LogP contribution in [0.4, 0.5) is 5.69 Å². The van der Waals surface area contributed by atoms with Crippen molar-refractivity contribution in [1.82, 2.24) is 10.9 Å². The van der Waals surface area contributed by atoms with E-state index in [0.717, 1.165) is 0 Å². The molecule has 0 bridgehead atoms. The standard InChI is InChI=1S/C17H17N3O6/c1-3-26-14-9-6-12(10-15(14)25-2)17(22)19-18-16(21)11-4-7-13(8-5-11)20(23)24/h4-10H,3H2,1-2H3,(H,18,21)(H,19,22). The number of nitrogens with zero attached hydrogens (tertiary/aromatic N) is 1. The van der Waals surface area contributed by atoms with Crippen LogP contribution in [0, 0.1) is 10.1 Å². The summed E-state index contributed by atoms with van der Waals surface area (Å²) in [6, 6.07) is 9.59. The van der Waals surface area contributed by atoms with Crippen LogP contribution in [-0.4, -0.2) is 30.5 Å². The Kier molecular flexibility index (Phi) is 6.10. The molecular weight excluding hydrogens is 342 g/mol. The summed E-state index contributed by atoms with van der Waals surface area (Å²) in [6.45, 7) is 2.28. The van der Waals surface area contributed by atoms with Crippen molar-refractivity contribution < 1.29 is 24.0 Å². The molecule has 0 saturated carbocycles. The van der Waals surface area contributed by atoms with Crippen molar-refractivity contribution in [1.29, 1.82) is 0 Å². The van der Waals surface area contributed by atoms with Gasteiger partial charge in [-0.15, -0.1) is 0 Å². The topological polar surface area (TPSA) is 120 Å². The van der Waals surface area contributed by atoms with Gasteiger partial charge in [0.25, 0.3) is 17.5 Å². The average molecular weight is 359 g/mol. The Hall–Kier alpha value is -3.62. The van der Waals surface area contributed by atoms with E-state index in [2.05, 4.69) is 10.9 Å². The fourth-order valence-corrected chi connectivity index (χ4v) is 2.08. The summed E-state index contributed by atoms with van der Waals surface area (Å²) in [5, 5.41) is 10.6. The van der Waals surface area contributed by atoms with Crippen LogP contribution >= 0.6 is 0 Å². The second-order valence-electron chi connectivity index (χ2n) is 5.01. The molecule has 0 radical (unpaired) electrons. The molecule has 0 aliphatic heterocycles. The van der Waals surface area contributed by atoms with Gasteiger partial charge in [0.15, 0.2) is 11.5 Å². The minimum Gasteiger partial charge on any atom is -0.493 e. The van der Waals surface area contributed by atoms with E-state index in [-0.39, 0.29) is 16.8 Å². The number of rotatable bonds is 6. The molecule has 2 aromatic carbocycles. The predicted molar refractivity (Wildman–Crippen MR) is 92.2 cm³/mol. The SMILES string of the molecule is CCOc1ccc(C(=O)NNC(=O)c2ccc([N+](=O)[O-])cc2)cc1OC. The number of hydrogen-bond donors (Lipinski definition) is 2. The molecular formula is C17H17N3O6. The van der Waals surface area contributed by atoms with E-state index in [1.165, 1.54) is 43.5 Å². The smallest absolute Gasteiger partial charge is 0.269 e. The summed E-state index contributed by atoms with van der Waals surface area (Å²) in [7, 11) is 1.45. The van der Waals surface area contributed by atoms with E-state index in [0.29, 0.717) is 18.1 Å². The maximum absolute atomic E-state index is 12.1. The first kappa shape index (κ1) is 18.7. The highest BCUT2D eigenvalue weighted by molar-refractivity contribution is 5.99. The molecule has 0 aromatic heterocycles. The Morgan fingerprint density at radius 2 is 1.58 bits per heavy atom. The number of hydrogen-bond acceptors (Lipinski definition) is 6. The zero-order valence-electron chi connectivity index (χ0n) is 14.1. The molecule has 0 heterocycles. The maximum atomic E-state index is 12.1. The first-order chi connectivity index (χ1) is 12.5. The van der Waals surface area contributed by atoms with Crippen LogP contribution < -0.4 is 20.3 Å². The Balaban J connectivity index is 2.01. The van der Waals surface area contributed by atoms with E-state index >= 15 is 0 Å². The van der Waals surface area contributed by atoms with Crippen LogP contribution in [0.3, 0.4) is 0 Å². The van der Waals surface area contributed by atoms with Gasteiger partial charge < -0.3 is 9.47 Å². The molecule has 2 N–H and O–H groups in total. The summed E-state index contributed by atoms with van der Waals surface area (Å²) in [5.74, 6) is -0.268. The average Bonchev–Trinajstić information content (AvgIpc) is 2.66. The quantitative estimate of drug-likeness (QED) is 0.602. The first-order valence-electron chi connectivity index (χ1n) is 7.62. The summed E-state index contributed by atoms with van der Waals surface area (Å²) in [4.78, 5) is 34.2. The van der Waals surface area contributed by atoms with Gasteiger partial charge in [0.05, 0.1) is 18.6 Å². The Bertz CT molecular complexity index is 820. The number of carbonyl (C=O) groups is 2. The minimum atomic E-state index is -0.605. The third-order valence-electron chi connectivity index (χ3n) is 3.36. The van der Waals surface area contributed by atoms with Gasteiger partial charge in [0.2, 0.25) is 0 Å². The van der Waals surface area contributed by atoms with Crippen molar-refractivity contribution >= 4 is 17.5 Å². The van der Waals surface area contributed by atoms with E-state index in [9.17, 15) is 19.7 Å². The summed E-state index contributed by atoms with van der Waals surface area (Å²) >= 11 is 0. The van der Waals surface area contributed by atoms with Crippen molar-refractivity contribution in [2.75, 3.05) is 13.7 Å². The van der Waals surface area contributed by atoms with Crippen LogP contribution in [0.15, 0.2) is 42.5 Å². The third-order valence-corrected chi connectivity index (χ3v) is 3.36. The lowest BCUT2D eigenvalue weighted by Gasteiger charge is -2.11. The lowest BCUT2D eigenvalue weighted by molar-refractivity contribution is -0.384. The van der Waals surface area contributed by atoms with Gasteiger partial charge >= 0.3 is 0 Å². The second-order valence-corrected chi connectivity index (χ2v) is 5.01. The second kappa shape index (κ2) is 8.47.